The number of hydrogen-bond acceptors (Lipinski definition) is 7. The molecule has 0 atom stereocenters. The number of aromatic nitrogens is 4. The van der Waals surface area contributed by atoms with Gasteiger partial charge in [0.1, 0.15) is 6.33 Å². The summed E-state index contributed by atoms with van der Waals surface area (Å²) in [7, 11) is 0. The first-order valence-corrected chi connectivity index (χ1v) is 11.5. The van der Waals surface area contributed by atoms with Crippen LogP contribution in [0.3, 0.4) is 0 Å². The number of benzene rings is 1. The van der Waals surface area contributed by atoms with Crippen molar-refractivity contribution in [3.63, 3.8) is 0 Å². The number of carbonyl (C=O) groups is 2. The Morgan fingerprint density at radius 1 is 1.09 bits per heavy atom. The molecule has 0 spiro atoms. The van der Waals surface area contributed by atoms with Gasteiger partial charge in [-0.2, -0.15) is 0 Å². The maximum absolute atomic E-state index is 12.7. The summed E-state index contributed by atoms with van der Waals surface area (Å²) in [6, 6.07) is 9.90. The van der Waals surface area contributed by atoms with Gasteiger partial charge in [-0.25, -0.2) is 0 Å². The topological polar surface area (TPSA) is 97.4 Å². The van der Waals surface area contributed by atoms with Gasteiger partial charge in [-0.05, 0) is 30.5 Å². The molecule has 0 bridgehead atoms. The van der Waals surface area contributed by atoms with Crippen LogP contribution in [0.25, 0.3) is 5.69 Å². The van der Waals surface area contributed by atoms with Crippen LogP contribution in [0.1, 0.15) is 41.6 Å². The van der Waals surface area contributed by atoms with Gasteiger partial charge in [-0.15, -0.1) is 10.2 Å². The molecule has 32 heavy (non-hydrogen) atoms. The van der Waals surface area contributed by atoms with Crippen molar-refractivity contribution in [1.29, 1.82) is 0 Å². The van der Waals surface area contributed by atoms with E-state index in [2.05, 4.69) is 41.3 Å². The molecule has 0 saturated carbocycles. The molecule has 3 aromatic rings. The quantitative estimate of drug-likeness (QED) is 0.528. The summed E-state index contributed by atoms with van der Waals surface area (Å²) in [6.45, 7) is 8.00. The van der Waals surface area contributed by atoms with Crippen LogP contribution in [-0.2, 0) is 4.79 Å². The summed E-state index contributed by atoms with van der Waals surface area (Å²) >= 11 is 1.36. The van der Waals surface area contributed by atoms with E-state index in [1.165, 1.54) is 17.3 Å². The minimum atomic E-state index is -0.191. The number of rotatable bonds is 6. The van der Waals surface area contributed by atoms with Crippen LogP contribution in [0.4, 0.5) is 0 Å². The largest absolute Gasteiger partial charge is 0.351 e. The lowest BCUT2D eigenvalue weighted by molar-refractivity contribution is -0.129. The molecule has 1 saturated heterocycles. The molecule has 0 N–H and O–H groups in total. The molecule has 168 valence electrons. The summed E-state index contributed by atoms with van der Waals surface area (Å²) in [4.78, 5) is 28.7. The van der Waals surface area contributed by atoms with E-state index in [1.807, 2.05) is 16.7 Å². The van der Waals surface area contributed by atoms with Crippen LogP contribution in [0.2, 0.25) is 0 Å². The highest BCUT2D eigenvalue weighted by atomic mass is 32.2. The first kappa shape index (κ1) is 22.1. The van der Waals surface area contributed by atoms with E-state index >= 15 is 0 Å². The Hall–Kier alpha value is -3.14. The Morgan fingerprint density at radius 3 is 2.41 bits per heavy atom. The second kappa shape index (κ2) is 9.56. The van der Waals surface area contributed by atoms with Gasteiger partial charge in [0, 0.05) is 37.9 Å². The van der Waals surface area contributed by atoms with Crippen molar-refractivity contribution in [2.75, 3.05) is 31.9 Å². The molecule has 0 aliphatic carbocycles. The zero-order chi connectivity index (χ0) is 22.7. The maximum Gasteiger partial charge on any atom is 0.292 e. The van der Waals surface area contributed by atoms with E-state index in [1.54, 1.807) is 29.1 Å². The first-order valence-electron chi connectivity index (χ1n) is 10.6. The number of nitrogens with zero attached hydrogens (tertiary/aromatic N) is 6. The molecule has 3 heterocycles. The number of piperazine rings is 1. The minimum absolute atomic E-state index is 0.0160. The van der Waals surface area contributed by atoms with Gasteiger partial charge in [0.05, 0.1) is 11.4 Å². The van der Waals surface area contributed by atoms with Crippen molar-refractivity contribution in [3.8, 4) is 5.69 Å². The molecule has 2 amide bonds. The van der Waals surface area contributed by atoms with E-state index in [4.69, 9.17) is 4.52 Å². The summed E-state index contributed by atoms with van der Waals surface area (Å²) in [5.74, 6) is 0.787. The fourth-order valence-corrected chi connectivity index (χ4v) is 4.35. The molecule has 4 rings (SSSR count). The Labute approximate surface area is 190 Å². The molecule has 0 unspecified atom stereocenters. The van der Waals surface area contributed by atoms with Crippen LogP contribution in [-0.4, -0.2) is 73.5 Å². The molecule has 9 nitrogen and oxygen atoms in total. The van der Waals surface area contributed by atoms with Gasteiger partial charge in [0.15, 0.2) is 5.16 Å². The Balaban J connectivity index is 1.31. The second-order valence-corrected chi connectivity index (χ2v) is 8.97. The minimum Gasteiger partial charge on any atom is -0.351 e. The molecule has 1 aliphatic heterocycles. The lowest BCUT2D eigenvalue weighted by Gasteiger charge is -2.34. The number of thioether (sulfide) groups is 1. The normalized spacial score (nSPS) is 14.2. The van der Waals surface area contributed by atoms with Crippen molar-refractivity contribution in [2.24, 2.45) is 0 Å². The number of hydrogen-bond donors (Lipinski definition) is 0. The molecule has 1 aromatic carbocycles. The van der Waals surface area contributed by atoms with Crippen LogP contribution >= 0.6 is 11.8 Å². The molecule has 2 aromatic heterocycles. The van der Waals surface area contributed by atoms with Crippen molar-refractivity contribution < 1.29 is 14.1 Å². The predicted molar refractivity (Wildman–Crippen MR) is 120 cm³/mol. The van der Waals surface area contributed by atoms with Gasteiger partial charge >= 0.3 is 0 Å². The van der Waals surface area contributed by atoms with Crippen molar-refractivity contribution in [3.05, 3.63) is 53.7 Å². The van der Waals surface area contributed by atoms with Crippen LogP contribution < -0.4 is 0 Å². The maximum atomic E-state index is 12.7. The lowest BCUT2D eigenvalue weighted by atomic mass is 10.0. The third kappa shape index (κ3) is 4.85. The predicted octanol–water partition coefficient (Wildman–Crippen LogP) is 2.76. The zero-order valence-corrected chi connectivity index (χ0v) is 19.2. The average Bonchev–Trinajstić information content (AvgIpc) is 3.46. The van der Waals surface area contributed by atoms with Gasteiger partial charge in [-0.1, -0.05) is 42.9 Å². The molecular formula is C22H26N6O3S. The second-order valence-electron chi connectivity index (χ2n) is 8.02. The van der Waals surface area contributed by atoms with Crippen molar-refractivity contribution in [2.45, 2.75) is 31.8 Å². The summed E-state index contributed by atoms with van der Waals surface area (Å²) in [5.41, 5.74) is 2.90. The van der Waals surface area contributed by atoms with Crippen LogP contribution in [0.5, 0.6) is 0 Å². The fourth-order valence-electron chi connectivity index (χ4n) is 3.52. The molecule has 1 fully saturated rings. The smallest absolute Gasteiger partial charge is 0.292 e. The van der Waals surface area contributed by atoms with E-state index in [0.717, 1.165) is 5.69 Å². The molecule has 10 heteroatoms. The van der Waals surface area contributed by atoms with Gasteiger partial charge in [0.25, 0.3) is 5.91 Å². The Kier molecular flexibility index (Phi) is 6.59. The highest BCUT2D eigenvalue weighted by Crippen LogP contribution is 2.22. The monoisotopic (exact) mass is 454 g/mol. The summed E-state index contributed by atoms with van der Waals surface area (Å²) in [5, 5.41) is 12.6. The Bertz CT molecular complexity index is 1080. The fraction of sp³-hybridized carbons (Fsp3) is 0.409. The molecule has 0 radical (unpaired) electrons. The van der Waals surface area contributed by atoms with Gasteiger partial charge in [-0.3, -0.25) is 14.2 Å². The third-order valence-electron chi connectivity index (χ3n) is 5.44. The number of amides is 2. The third-order valence-corrected chi connectivity index (χ3v) is 6.37. The standard InChI is InChI=1S/C22H26N6O3S/c1-15(2)17-4-6-18(7-5-17)28-14-23-24-22(28)32-13-20(29)26-8-10-27(11-9-26)21(30)19-12-16(3)25-31-19/h4-7,12,14-15H,8-11,13H2,1-3H3. The van der Waals surface area contributed by atoms with Gasteiger partial charge in [0.2, 0.25) is 11.7 Å². The van der Waals surface area contributed by atoms with Gasteiger partial charge < -0.3 is 14.3 Å². The highest BCUT2D eigenvalue weighted by Gasteiger charge is 2.27. The van der Waals surface area contributed by atoms with Crippen LogP contribution in [0, 0.1) is 6.92 Å². The lowest BCUT2D eigenvalue weighted by Crippen LogP contribution is -2.51. The van der Waals surface area contributed by atoms with E-state index < -0.39 is 0 Å². The van der Waals surface area contributed by atoms with E-state index in [-0.39, 0.29) is 23.3 Å². The SMILES string of the molecule is Cc1cc(C(=O)N2CCN(C(=O)CSc3nncn3-c3ccc(C(C)C)cc3)CC2)on1. The highest BCUT2D eigenvalue weighted by molar-refractivity contribution is 7.99. The molecular weight excluding hydrogens is 428 g/mol. The Morgan fingerprint density at radius 2 is 1.78 bits per heavy atom. The van der Waals surface area contributed by atoms with E-state index in [0.29, 0.717) is 42.9 Å². The number of aryl methyl sites for hydroxylation is 1. The average molecular weight is 455 g/mol. The summed E-state index contributed by atoms with van der Waals surface area (Å²) in [6.07, 6.45) is 1.66. The molecule has 1 aliphatic rings. The zero-order valence-electron chi connectivity index (χ0n) is 18.4. The summed E-state index contributed by atoms with van der Waals surface area (Å²) < 4.78 is 6.95. The number of carbonyl (C=O) groups excluding carboxylic acids is 2. The van der Waals surface area contributed by atoms with Crippen LogP contribution in [0.15, 0.2) is 46.3 Å². The van der Waals surface area contributed by atoms with Crippen molar-refractivity contribution >= 4 is 23.6 Å². The first-order chi connectivity index (χ1) is 15.4. The van der Waals surface area contributed by atoms with E-state index in [9.17, 15) is 9.59 Å². The van der Waals surface area contributed by atoms with Crippen molar-refractivity contribution in [1.82, 2.24) is 29.7 Å².